The zero-order valence-electron chi connectivity index (χ0n) is 20.7. The fourth-order valence-electron chi connectivity index (χ4n) is 4.17. The number of aliphatic hydroxyl groups excluding tert-OH is 1. The van der Waals surface area contributed by atoms with Crippen molar-refractivity contribution >= 4 is 28.9 Å². The molecule has 5 aromatic heterocycles. The zero-order valence-corrected chi connectivity index (χ0v) is 20.7. The highest BCUT2D eigenvalue weighted by molar-refractivity contribution is 5.93. The Bertz CT molecular complexity index is 1650. The number of imidazole rings is 1. The molecule has 1 saturated carbocycles. The molecule has 5 heterocycles. The van der Waals surface area contributed by atoms with Crippen LogP contribution in [-0.2, 0) is 22.6 Å². The quantitative estimate of drug-likeness (QED) is 0.296. The summed E-state index contributed by atoms with van der Waals surface area (Å²) in [6.45, 7) is 0.283. The van der Waals surface area contributed by atoms with Gasteiger partial charge in [-0.1, -0.05) is 0 Å². The van der Waals surface area contributed by atoms with Crippen LogP contribution in [0.4, 0.5) is 5.82 Å². The molecule has 1 aliphatic rings. The van der Waals surface area contributed by atoms with Crippen LogP contribution in [0.3, 0.4) is 0 Å². The predicted molar refractivity (Wildman–Crippen MR) is 136 cm³/mol. The molecule has 0 saturated heterocycles. The lowest BCUT2D eigenvalue weighted by molar-refractivity contribution is -0.131. The van der Waals surface area contributed by atoms with Crippen LogP contribution in [0.5, 0.6) is 0 Å². The number of likely N-dealkylation sites (N-methyl/N-ethyl adjacent to an activating group) is 1. The number of amides is 2. The van der Waals surface area contributed by atoms with E-state index in [1.165, 1.54) is 4.90 Å². The van der Waals surface area contributed by atoms with Crippen molar-refractivity contribution in [3.8, 4) is 11.1 Å². The van der Waals surface area contributed by atoms with E-state index in [-0.39, 0.29) is 37.4 Å². The number of nitrogens with one attached hydrogen (secondary N) is 1. The molecule has 0 spiro atoms. The van der Waals surface area contributed by atoms with E-state index in [9.17, 15) is 9.59 Å². The van der Waals surface area contributed by atoms with Crippen LogP contribution in [0, 0.1) is 5.92 Å². The largest absolute Gasteiger partial charge is 0.395 e. The number of nitrogens with zero attached hydrogens (tertiary/aromatic N) is 9. The minimum Gasteiger partial charge on any atom is -0.395 e. The Balaban J connectivity index is 1.20. The average molecular weight is 515 g/mol. The number of carbonyl (C=O) groups excluding carboxylic acids is 2. The van der Waals surface area contributed by atoms with E-state index in [4.69, 9.17) is 5.11 Å². The van der Waals surface area contributed by atoms with Gasteiger partial charge in [0.1, 0.15) is 12.4 Å². The van der Waals surface area contributed by atoms with Gasteiger partial charge in [0.2, 0.25) is 11.8 Å². The van der Waals surface area contributed by atoms with Crippen molar-refractivity contribution in [2.75, 3.05) is 25.5 Å². The number of anilines is 1. The monoisotopic (exact) mass is 514 g/mol. The van der Waals surface area contributed by atoms with Gasteiger partial charge in [0, 0.05) is 43.0 Å². The number of hydrogen-bond donors (Lipinski definition) is 2. The van der Waals surface area contributed by atoms with Gasteiger partial charge in [0.25, 0.3) is 0 Å². The topological polar surface area (TPSA) is 148 Å². The molecule has 2 N–H and O–H groups in total. The molecule has 0 atom stereocenters. The van der Waals surface area contributed by atoms with Crippen LogP contribution in [0.1, 0.15) is 24.4 Å². The molecule has 194 valence electrons. The van der Waals surface area contributed by atoms with Crippen molar-refractivity contribution in [2.24, 2.45) is 5.92 Å². The first-order chi connectivity index (χ1) is 18.5. The van der Waals surface area contributed by atoms with E-state index < -0.39 is 0 Å². The summed E-state index contributed by atoms with van der Waals surface area (Å²) in [6, 6.07) is 7.55. The fourth-order valence-corrected chi connectivity index (χ4v) is 4.17. The third-order valence-corrected chi connectivity index (χ3v) is 6.51. The van der Waals surface area contributed by atoms with Crippen molar-refractivity contribution in [3.05, 3.63) is 60.6 Å². The number of rotatable bonds is 9. The Kier molecular flexibility index (Phi) is 6.04. The van der Waals surface area contributed by atoms with Crippen molar-refractivity contribution in [3.63, 3.8) is 0 Å². The molecule has 1 aliphatic carbocycles. The second-order valence-corrected chi connectivity index (χ2v) is 9.42. The molecular weight excluding hydrogens is 488 g/mol. The molecule has 0 aliphatic heterocycles. The molecule has 0 aromatic carbocycles. The van der Waals surface area contributed by atoms with Crippen LogP contribution in [0.15, 0.2) is 49.1 Å². The normalized spacial score (nSPS) is 13.3. The van der Waals surface area contributed by atoms with Crippen molar-refractivity contribution in [1.82, 2.24) is 43.9 Å². The van der Waals surface area contributed by atoms with Gasteiger partial charge in [0.05, 0.1) is 31.1 Å². The van der Waals surface area contributed by atoms with E-state index in [0.29, 0.717) is 29.4 Å². The van der Waals surface area contributed by atoms with Crippen molar-refractivity contribution in [1.29, 1.82) is 0 Å². The van der Waals surface area contributed by atoms with E-state index in [2.05, 4.69) is 30.7 Å². The maximum absolute atomic E-state index is 12.3. The summed E-state index contributed by atoms with van der Waals surface area (Å²) in [5.74, 6) is 1.18. The second-order valence-electron chi connectivity index (χ2n) is 9.42. The second kappa shape index (κ2) is 9.67. The molecule has 0 radical (unpaired) electrons. The molecule has 0 bridgehead atoms. The molecule has 2 amide bonds. The molecule has 1 fully saturated rings. The Hall–Kier alpha value is -4.65. The Morgan fingerprint density at radius 1 is 1.08 bits per heavy atom. The Morgan fingerprint density at radius 3 is 2.74 bits per heavy atom. The van der Waals surface area contributed by atoms with Gasteiger partial charge in [-0.25, -0.2) is 9.50 Å². The van der Waals surface area contributed by atoms with E-state index in [0.717, 1.165) is 29.7 Å². The van der Waals surface area contributed by atoms with Gasteiger partial charge < -0.3 is 15.3 Å². The van der Waals surface area contributed by atoms with Crippen LogP contribution < -0.4 is 5.32 Å². The number of fused-ring (bicyclic) bond motifs is 2. The van der Waals surface area contributed by atoms with Gasteiger partial charge in [-0.15, -0.1) is 10.2 Å². The molecule has 0 unspecified atom stereocenters. The van der Waals surface area contributed by atoms with E-state index in [1.807, 2.05) is 41.1 Å². The number of pyridine rings is 1. The van der Waals surface area contributed by atoms with Crippen LogP contribution in [0.2, 0.25) is 0 Å². The van der Waals surface area contributed by atoms with Gasteiger partial charge >= 0.3 is 0 Å². The highest BCUT2D eigenvalue weighted by Crippen LogP contribution is 2.30. The SMILES string of the molecule is CN(CCO)C(=O)Cn1cc(-c2ccc3nnc(Cc4ccc5nc(NC(=O)C6CC6)cn5n4)n3c2)cn1. The fraction of sp³-hybridized carbons (Fsp3) is 0.320. The Labute approximate surface area is 216 Å². The summed E-state index contributed by atoms with van der Waals surface area (Å²) < 4.78 is 5.14. The minimum absolute atomic E-state index is 0.00513. The average Bonchev–Trinajstić information content (AvgIpc) is 3.34. The first kappa shape index (κ1) is 23.7. The smallest absolute Gasteiger partial charge is 0.244 e. The molecule has 6 rings (SSSR count). The minimum atomic E-state index is -0.134. The Morgan fingerprint density at radius 2 is 1.92 bits per heavy atom. The summed E-state index contributed by atoms with van der Waals surface area (Å²) in [5.41, 5.74) is 3.86. The standard InChI is InChI=1S/C25H26N10O3/c1-32(8-9-36)24(37)15-33-12-18(11-26-33)17-4-6-22-29-30-23(34(22)13-17)10-19-5-7-21-27-20(14-35(21)31-19)28-25(38)16-2-3-16/h4-7,11-14,16,36H,2-3,8-10,15H2,1H3,(H,28,38). The summed E-state index contributed by atoms with van der Waals surface area (Å²) in [5, 5.41) is 29.5. The van der Waals surface area contributed by atoms with Crippen molar-refractivity contribution < 1.29 is 14.7 Å². The van der Waals surface area contributed by atoms with Crippen LogP contribution in [-0.4, -0.2) is 81.0 Å². The first-order valence-corrected chi connectivity index (χ1v) is 12.3. The highest BCUT2D eigenvalue weighted by atomic mass is 16.3. The molecule has 5 aromatic rings. The van der Waals surface area contributed by atoms with E-state index in [1.54, 1.807) is 28.6 Å². The van der Waals surface area contributed by atoms with Crippen LogP contribution >= 0.6 is 0 Å². The first-order valence-electron chi connectivity index (χ1n) is 12.3. The van der Waals surface area contributed by atoms with Crippen LogP contribution in [0.25, 0.3) is 22.4 Å². The zero-order chi connectivity index (χ0) is 26.2. The number of hydrogen-bond acceptors (Lipinski definition) is 8. The number of aliphatic hydroxyl groups is 1. The third-order valence-electron chi connectivity index (χ3n) is 6.51. The lowest BCUT2D eigenvalue weighted by Gasteiger charge is -2.15. The molecule has 13 nitrogen and oxygen atoms in total. The molecule has 13 heteroatoms. The summed E-state index contributed by atoms with van der Waals surface area (Å²) in [4.78, 5) is 30.2. The summed E-state index contributed by atoms with van der Waals surface area (Å²) >= 11 is 0. The van der Waals surface area contributed by atoms with Gasteiger partial charge in [-0.3, -0.25) is 18.7 Å². The van der Waals surface area contributed by atoms with Gasteiger partial charge in [-0.05, 0) is 37.1 Å². The molecule has 38 heavy (non-hydrogen) atoms. The molecular formula is C25H26N10O3. The number of aromatic nitrogens is 8. The lowest BCUT2D eigenvalue weighted by Crippen LogP contribution is -2.32. The maximum Gasteiger partial charge on any atom is 0.244 e. The maximum atomic E-state index is 12.3. The lowest BCUT2D eigenvalue weighted by atomic mass is 10.1. The predicted octanol–water partition coefficient (Wildman–Crippen LogP) is 1.03. The van der Waals surface area contributed by atoms with Crippen molar-refractivity contribution in [2.45, 2.75) is 25.8 Å². The highest BCUT2D eigenvalue weighted by Gasteiger charge is 2.30. The summed E-state index contributed by atoms with van der Waals surface area (Å²) in [7, 11) is 1.65. The van der Waals surface area contributed by atoms with Gasteiger partial charge in [0.15, 0.2) is 17.1 Å². The van der Waals surface area contributed by atoms with E-state index >= 15 is 0 Å². The van der Waals surface area contributed by atoms with Gasteiger partial charge in [-0.2, -0.15) is 10.2 Å². The summed E-state index contributed by atoms with van der Waals surface area (Å²) in [6.07, 6.45) is 9.47. The third kappa shape index (κ3) is 4.83. The number of carbonyl (C=O) groups is 2.